The van der Waals surface area contributed by atoms with E-state index >= 15 is 0 Å². The molecule has 1 atom stereocenters. The third-order valence-corrected chi connectivity index (χ3v) is 4.85. The van der Waals surface area contributed by atoms with E-state index in [1.807, 2.05) is 0 Å². The molecule has 0 saturated heterocycles. The molecule has 1 saturated carbocycles. The molecule has 1 aliphatic carbocycles. The number of rotatable bonds is 6. The number of hydrogen-bond donors (Lipinski definition) is 1. The van der Waals surface area contributed by atoms with Crippen LogP contribution in [0.3, 0.4) is 0 Å². The van der Waals surface area contributed by atoms with Crippen molar-refractivity contribution in [2.75, 3.05) is 0 Å². The minimum atomic E-state index is 0.0294. The molecule has 0 amide bonds. The molecule has 0 bridgehead atoms. The van der Waals surface area contributed by atoms with Crippen LogP contribution >= 0.6 is 0 Å². The van der Waals surface area contributed by atoms with Gasteiger partial charge < -0.3 is 5.73 Å². The van der Waals surface area contributed by atoms with Crippen molar-refractivity contribution < 1.29 is 0 Å². The second-order valence-electron chi connectivity index (χ2n) is 7.87. The van der Waals surface area contributed by atoms with Crippen LogP contribution in [0.4, 0.5) is 0 Å². The highest BCUT2D eigenvalue weighted by molar-refractivity contribution is 4.81. The normalized spacial score (nSPS) is 24.8. The fourth-order valence-electron chi connectivity index (χ4n) is 3.43. The number of nitrogens with two attached hydrogens (primary N) is 1. The molecule has 0 aromatic rings. The summed E-state index contributed by atoms with van der Waals surface area (Å²) in [5.74, 6) is 0.964. The first-order chi connectivity index (χ1) is 8.31. The van der Waals surface area contributed by atoms with Crippen LogP contribution in [0.15, 0.2) is 0 Å². The smallest absolute Gasteiger partial charge is 0.00970 e. The van der Waals surface area contributed by atoms with Crippen molar-refractivity contribution in [1.82, 2.24) is 0 Å². The van der Waals surface area contributed by atoms with Gasteiger partial charge in [-0.2, -0.15) is 0 Å². The number of unbranched alkanes of at least 4 members (excludes halogenated alkanes) is 2. The molecule has 1 unspecified atom stereocenters. The summed E-state index contributed by atoms with van der Waals surface area (Å²) in [6.45, 7) is 9.26. The Hall–Kier alpha value is -0.0400. The van der Waals surface area contributed by atoms with Crippen LogP contribution in [0.2, 0.25) is 0 Å². The van der Waals surface area contributed by atoms with E-state index in [1.165, 1.54) is 64.2 Å². The molecular formula is C17H35N. The van der Waals surface area contributed by atoms with Gasteiger partial charge in [-0.05, 0) is 50.9 Å². The Morgan fingerprint density at radius 1 is 1.06 bits per heavy atom. The Bertz CT molecular complexity index is 224. The minimum absolute atomic E-state index is 0.0294. The molecule has 0 aromatic carbocycles. The molecule has 2 N–H and O–H groups in total. The van der Waals surface area contributed by atoms with Crippen molar-refractivity contribution in [3.63, 3.8) is 0 Å². The van der Waals surface area contributed by atoms with Gasteiger partial charge >= 0.3 is 0 Å². The van der Waals surface area contributed by atoms with Crippen molar-refractivity contribution in [3.8, 4) is 0 Å². The van der Waals surface area contributed by atoms with Gasteiger partial charge in [0.25, 0.3) is 0 Å². The molecule has 1 rings (SSSR count). The first-order valence-corrected chi connectivity index (χ1v) is 8.10. The van der Waals surface area contributed by atoms with Gasteiger partial charge in [0.05, 0.1) is 0 Å². The lowest BCUT2D eigenvalue weighted by atomic mass is 9.73. The zero-order valence-electron chi connectivity index (χ0n) is 13.2. The maximum absolute atomic E-state index is 6.02. The molecule has 0 aromatic heterocycles. The summed E-state index contributed by atoms with van der Waals surface area (Å²) >= 11 is 0. The molecule has 1 aliphatic rings. The Balaban J connectivity index is 2.21. The molecule has 18 heavy (non-hydrogen) atoms. The van der Waals surface area contributed by atoms with Crippen LogP contribution in [0.1, 0.15) is 91.9 Å². The van der Waals surface area contributed by atoms with Crippen molar-refractivity contribution in [3.05, 3.63) is 0 Å². The SMILES string of the molecule is CC(C)(N)CCCCCC1CCCCCC1(C)C. The van der Waals surface area contributed by atoms with Gasteiger partial charge in [-0.15, -0.1) is 0 Å². The van der Waals surface area contributed by atoms with Gasteiger partial charge in [-0.1, -0.05) is 52.4 Å². The van der Waals surface area contributed by atoms with E-state index in [0.29, 0.717) is 5.41 Å². The van der Waals surface area contributed by atoms with E-state index in [2.05, 4.69) is 27.7 Å². The van der Waals surface area contributed by atoms with Crippen LogP contribution in [0.25, 0.3) is 0 Å². The van der Waals surface area contributed by atoms with Crippen molar-refractivity contribution in [1.29, 1.82) is 0 Å². The van der Waals surface area contributed by atoms with Gasteiger partial charge in [0.1, 0.15) is 0 Å². The molecular weight excluding hydrogens is 218 g/mol. The standard InChI is InChI=1S/C17H35N/c1-16(2)13-9-5-7-11-15(16)12-8-6-10-14-17(3,4)18/h15H,5-14,18H2,1-4H3. The van der Waals surface area contributed by atoms with E-state index in [0.717, 1.165) is 5.92 Å². The minimum Gasteiger partial charge on any atom is -0.326 e. The molecule has 0 heterocycles. The predicted octanol–water partition coefficient (Wildman–Crippen LogP) is 5.28. The van der Waals surface area contributed by atoms with Gasteiger partial charge in [-0.3, -0.25) is 0 Å². The fraction of sp³-hybridized carbons (Fsp3) is 1.00. The quantitative estimate of drug-likeness (QED) is 0.506. The Morgan fingerprint density at radius 3 is 2.44 bits per heavy atom. The van der Waals surface area contributed by atoms with Gasteiger partial charge in [-0.25, -0.2) is 0 Å². The molecule has 108 valence electrons. The van der Waals surface area contributed by atoms with E-state index in [-0.39, 0.29) is 5.54 Å². The van der Waals surface area contributed by atoms with Gasteiger partial charge in [0.2, 0.25) is 0 Å². The molecule has 1 fully saturated rings. The summed E-state index contributed by atoms with van der Waals surface area (Å²) in [5, 5.41) is 0. The lowest BCUT2D eigenvalue weighted by molar-refractivity contribution is 0.180. The topological polar surface area (TPSA) is 26.0 Å². The van der Waals surface area contributed by atoms with Crippen LogP contribution in [0.5, 0.6) is 0 Å². The molecule has 1 heteroatoms. The summed E-state index contributed by atoms with van der Waals surface area (Å²) < 4.78 is 0. The number of hydrogen-bond acceptors (Lipinski definition) is 1. The van der Waals surface area contributed by atoms with Crippen molar-refractivity contribution in [2.45, 2.75) is 97.4 Å². The third kappa shape index (κ3) is 6.22. The highest BCUT2D eigenvalue weighted by Gasteiger charge is 2.29. The van der Waals surface area contributed by atoms with Crippen LogP contribution < -0.4 is 5.73 Å². The monoisotopic (exact) mass is 253 g/mol. The zero-order valence-corrected chi connectivity index (χ0v) is 13.2. The first-order valence-electron chi connectivity index (χ1n) is 8.10. The highest BCUT2D eigenvalue weighted by Crippen LogP contribution is 2.41. The van der Waals surface area contributed by atoms with Crippen molar-refractivity contribution >= 4 is 0 Å². The van der Waals surface area contributed by atoms with Gasteiger partial charge in [0, 0.05) is 5.54 Å². The van der Waals surface area contributed by atoms with Crippen LogP contribution in [0, 0.1) is 11.3 Å². The summed E-state index contributed by atoms with van der Waals surface area (Å²) in [5.41, 5.74) is 6.64. The maximum atomic E-state index is 6.02. The Labute approximate surface area is 115 Å². The highest BCUT2D eigenvalue weighted by atomic mass is 14.7. The predicted molar refractivity (Wildman–Crippen MR) is 81.7 cm³/mol. The molecule has 1 nitrogen and oxygen atoms in total. The second kappa shape index (κ2) is 6.93. The lowest BCUT2D eigenvalue weighted by Crippen LogP contribution is -2.31. The summed E-state index contributed by atoms with van der Waals surface area (Å²) in [7, 11) is 0. The van der Waals surface area contributed by atoms with E-state index in [1.54, 1.807) is 0 Å². The molecule has 0 spiro atoms. The zero-order chi connectivity index (χ0) is 13.6. The van der Waals surface area contributed by atoms with Crippen molar-refractivity contribution in [2.24, 2.45) is 17.1 Å². The maximum Gasteiger partial charge on any atom is 0.00970 e. The fourth-order valence-corrected chi connectivity index (χ4v) is 3.43. The van der Waals surface area contributed by atoms with E-state index < -0.39 is 0 Å². The average Bonchev–Trinajstić information content (AvgIpc) is 2.38. The van der Waals surface area contributed by atoms with Gasteiger partial charge in [0.15, 0.2) is 0 Å². The summed E-state index contributed by atoms with van der Waals surface area (Å²) in [6.07, 6.45) is 14.0. The Kier molecular flexibility index (Phi) is 6.17. The second-order valence-corrected chi connectivity index (χ2v) is 7.87. The molecule has 0 aliphatic heterocycles. The Morgan fingerprint density at radius 2 is 1.78 bits per heavy atom. The average molecular weight is 253 g/mol. The van der Waals surface area contributed by atoms with Crippen LogP contribution in [-0.4, -0.2) is 5.54 Å². The van der Waals surface area contributed by atoms with E-state index in [4.69, 9.17) is 5.73 Å². The summed E-state index contributed by atoms with van der Waals surface area (Å²) in [4.78, 5) is 0. The van der Waals surface area contributed by atoms with Crippen LogP contribution in [-0.2, 0) is 0 Å². The largest absolute Gasteiger partial charge is 0.326 e. The molecule has 0 radical (unpaired) electrons. The lowest BCUT2D eigenvalue weighted by Gasteiger charge is -2.33. The van der Waals surface area contributed by atoms with E-state index in [9.17, 15) is 0 Å². The first kappa shape index (κ1) is 16.0. The third-order valence-electron chi connectivity index (χ3n) is 4.85. The summed E-state index contributed by atoms with van der Waals surface area (Å²) in [6, 6.07) is 0.